The van der Waals surface area contributed by atoms with Crippen LogP contribution in [0.1, 0.15) is 48.8 Å². The smallest absolute Gasteiger partial charge is 0.418 e. The summed E-state index contributed by atoms with van der Waals surface area (Å²) < 4.78 is 152. The quantitative estimate of drug-likeness (QED) is 0.269. The van der Waals surface area contributed by atoms with E-state index in [4.69, 9.17) is 10.5 Å². The van der Waals surface area contributed by atoms with E-state index in [9.17, 15) is 39.5 Å². The largest absolute Gasteiger partial charge is 0.461 e. The highest BCUT2D eigenvalue weighted by atomic mass is 19.4. The summed E-state index contributed by atoms with van der Waals surface area (Å²) in [5.74, 6) is -2.67. The Morgan fingerprint density at radius 1 is 1.08 bits per heavy atom. The van der Waals surface area contributed by atoms with E-state index in [0.29, 0.717) is 31.5 Å². The predicted octanol–water partition coefficient (Wildman–Crippen LogP) is 6.81. The van der Waals surface area contributed by atoms with E-state index < -0.39 is 98.2 Å². The van der Waals surface area contributed by atoms with Gasteiger partial charge in [0.05, 0.1) is 33.5 Å². The van der Waals surface area contributed by atoms with Gasteiger partial charge in [0.25, 0.3) is 6.08 Å². The minimum Gasteiger partial charge on any atom is -0.461 e. The van der Waals surface area contributed by atoms with E-state index >= 15 is 4.39 Å². The topological polar surface area (TPSA) is 92.4 Å². The van der Waals surface area contributed by atoms with E-state index in [1.807, 2.05) is 4.90 Å². The number of aromatic nitrogens is 3. The second kappa shape index (κ2) is 11.8. The number of ether oxygens (including phenoxy) is 1. The van der Waals surface area contributed by atoms with Gasteiger partial charge in [0, 0.05) is 43.6 Å². The highest BCUT2D eigenvalue weighted by Crippen LogP contribution is 2.48. The van der Waals surface area contributed by atoms with Gasteiger partial charge in [-0.3, -0.25) is 4.90 Å². The lowest BCUT2D eigenvalue weighted by Crippen LogP contribution is -2.59. The fourth-order valence-corrected chi connectivity index (χ4v) is 8.28. The molecule has 18 heteroatoms. The van der Waals surface area contributed by atoms with Crippen molar-refractivity contribution in [2.45, 2.75) is 74.7 Å². The molecule has 3 aromatic rings. The molecule has 4 aliphatic rings. The van der Waals surface area contributed by atoms with Gasteiger partial charge in [-0.15, -0.1) is 0 Å². The number of pyridine rings is 1. The number of halogens is 10. The van der Waals surface area contributed by atoms with Crippen LogP contribution < -0.4 is 20.7 Å². The average Bonchev–Trinajstić information content (AvgIpc) is 3.62. The van der Waals surface area contributed by atoms with Gasteiger partial charge >= 0.3 is 18.4 Å². The molecular weight excluding hydrogens is 688 g/mol. The third-order valence-corrected chi connectivity index (χ3v) is 10.2. The molecule has 6 heterocycles. The normalized spacial score (nSPS) is 26.9. The summed E-state index contributed by atoms with van der Waals surface area (Å²) >= 11 is 0. The lowest BCUT2D eigenvalue weighted by atomic mass is 9.93. The van der Waals surface area contributed by atoms with Crippen LogP contribution in [0.25, 0.3) is 22.2 Å². The van der Waals surface area contributed by atoms with Crippen LogP contribution >= 0.6 is 0 Å². The number of nitrogen functional groups attached to an aromatic ring is 1. The summed E-state index contributed by atoms with van der Waals surface area (Å²) in [6.07, 6.45) is -11.0. The molecular formula is C32H31F10N7O. The van der Waals surface area contributed by atoms with Crippen molar-refractivity contribution in [1.82, 2.24) is 25.2 Å². The number of hydrogen-bond donors (Lipinski definition) is 2. The Morgan fingerprint density at radius 2 is 1.84 bits per heavy atom. The zero-order valence-corrected chi connectivity index (χ0v) is 26.5. The summed E-state index contributed by atoms with van der Waals surface area (Å²) in [7, 11) is 0. The number of anilines is 2. The molecule has 2 bridgehead atoms. The number of alkyl halides is 7. The van der Waals surface area contributed by atoms with E-state index in [1.54, 1.807) is 0 Å². The molecule has 1 aromatic carbocycles. The second-order valence-electron chi connectivity index (χ2n) is 13.6. The predicted molar refractivity (Wildman–Crippen MR) is 162 cm³/mol. The van der Waals surface area contributed by atoms with E-state index in [-0.39, 0.29) is 44.9 Å². The van der Waals surface area contributed by atoms with Crippen molar-refractivity contribution in [1.29, 1.82) is 0 Å². The van der Waals surface area contributed by atoms with Gasteiger partial charge in [-0.2, -0.15) is 45.1 Å². The Labute approximate surface area is 278 Å². The number of fused-ring (bicyclic) bond motifs is 4. The molecule has 8 nitrogen and oxygen atoms in total. The Balaban J connectivity index is 1.45. The molecule has 0 aliphatic carbocycles. The van der Waals surface area contributed by atoms with Crippen molar-refractivity contribution >= 4 is 22.5 Å². The van der Waals surface area contributed by atoms with Gasteiger partial charge in [-0.25, -0.2) is 13.8 Å². The monoisotopic (exact) mass is 719 g/mol. The van der Waals surface area contributed by atoms with Crippen molar-refractivity contribution in [3.05, 3.63) is 46.8 Å². The summed E-state index contributed by atoms with van der Waals surface area (Å²) in [4.78, 5) is 15.3. The first-order chi connectivity index (χ1) is 23.4. The summed E-state index contributed by atoms with van der Waals surface area (Å²) in [5, 5.41) is 2.57. The number of nitrogens with one attached hydrogen (secondary N) is 1. The fourth-order valence-electron chi connectivity index (χ4n) is 8.28. The molecule has 4 atom stereocenters. The van der Waals surface area contributed by atoms with Gasteiger partial charge in [-0.1, -0.05) is 0 Å². The van der Waals surface area contributed by atoms with Crippen LogP contribution in [0.3, 0.4) is 0 Å². The van der Waals surface area contributed by atoms with E-state index in [2.05, 4.69) is 20.3 Å². The van der Waals surface area contributed by atoms with Crippen molar-refractivity contribution in [3.63, 3.8) is 0 Å². The van der Waals surface area contributed by atoms with Crippen LogP contribution in [0.4, 0.5) is 55.5 Å². The van der Waals surface area contributed by atoms with Gasteiger partial charge in [0.2, 0.25) is 0 Å². The number of aryl methyl sites for hydroxylation is 1. The molecule has 3 N–H and O–H groups in total. The molecule has 0 amide bonds. The molecule has 0 radical (unpaired) electrons. The second-order valence-corrected chi connectivity index (χ2v) is 13.6. The molecule has 4 aliphatic heterocycles. The van der Waals surface area contributed by atoms with Crippen LogP contribution in [-0.4, -0.2) is 75.9 Å². The molecule has 0 saturated carbocycles. The highest BCUT2D eigenvalue weighted by molar-refractivity contribution is 5.95. The number of nitrogens with zero attached hydrogens (tertiary/aromatic N) is 5. The van der Waals surface area contributed by atoms with Crippen LogP contribution in [0.5, 0.6) is 6.01 Å². The van der Waals surface area contributed by atoms with Gasteiger partial charge in [0.1, 0.15) is 29.9 Å². The van der Waals surface area contributed by atoms with Crippen molar-refractivity contribution < 1.29 is 48.6 Å². The lowest BCUT2D eigenvalue weighted by molar-refractivity contribution is -0.139. The summed E-state index contributed by atoms with van der Waals surface area (Å²) in [6.45, 7) is 1.42. The van der Waals surface area contributed by atoms with Crippen LogP contribution in [0, 0.1) is 12.7 Å². The maximum atomic E-state index is 16.8. The molecule has 1 unspecified atom stereocenters. The van der Waals surface area contributed by atoms with Crippen LogP contribution in [0.2, 0.25) is 0 Å². The first kappa shape index (κ1) is 34.5. The van der Waals surface area contributed by atoms with Gasteiger partial charge < -0.3 is 20.7 Å². The summed E-state index contributed by atoms with van der Waals surface area (Å²) in [6, 6.07) is 0.322. The Bertz CT molecular complexity index is 1880. The highest BCUT2D eigenvalue weighted by Gasteiger charge is 2.50. The van der Waals surface area contributed by atoms with Crippen molar-refractivity contribution in [2.24, 2.45) is 0 Å². The lowest BCUT2D eigenvalue weighted by Gasteiger charge is -2.40. The zero-order chi connectivity index (χ0) is 36.0. The minimum atomic E-state index is -5.42. The standard InChI is InChI=1S/C32H31F10N7O/c1-15-7-21(43)44-26(23(15)32(40,41)42)22-19(31(37,38)39)8-18-25(24(22)36)45-28(50-14-30-4-2-6-49(30)11-16(33)9-30)46-27(18)48-12-17-3-5-29(13-48,47-17)10-20(34)35/h7-8,10,16-17,47H,2-6,9,11-14H2,1H3,(H2,43,44)/t16-,17-,29-,30?/m1/s1. The fraction of sp³-hybridized carbons (Fsp3) is 0.531. The molecule has 4 fully saturated rings. The SMILES string of the molecule is Cc1cc(N)nc(-c2c(C(F)(F)F)cc3c(N4C[C@H]5CC[C@@](C=C(F)F)(C4)N5)nc(OCC45CCCN4C[C@H](F)C5)nc3c2F)c1C(F)(F)F. The van der Waals surface area contributed by atoms with Gasteiger partial charge in [-0.05, 0) is 56.8 Å². The number of nitrogens with two attached hydrogens (primary N) is 1. The number of rotatable bonds is 6. The number of piperazine rings is 1. The Morgan fingerprint density at radius 3 is 2.54 bits per heavy atom. The van der Waals surface area contributed by atoms with Crippen molar-refractivity contribution in [2.75, 3.05) is 43.4 Å². The van der Waals surface area contributed by atoms with Crippen LogP contribution in [-0.2, 0) is 12.4 Å². The molecule has 0 spiro atoms. The first-order valence-corrected chi connectivity index (χ1v) is 15.9. The third-order valence-electron chi connectivity index (χ3n) is 10.2. The Kier molecular flexibility index (Phi) is 8.16. The first-order valence-electron chi connectivity index (χ1n) is 15.9. The number of hydrogen-bond acceptors (Lipinski definition) is 8. The number of benzene rings is 1. The molecule has 2 aromatic heterocycles. The maximum absolute atomic E-state index is 16.8. The van der Waals surface area contributed by atoms with Crippen LogP contribution in [0.15, 0.2) is 24.3 Å². The third kappa shape index (κ3) is 5.96. The Hall–Kier alpha value is -3.93. The summed E-state index contributed by atoms with van der Waals surface area (Å²) in [5.41, 5.74) is -4.09. The molecule has 50 heavy (non-hydrogen) atoms. The van der Waals surface area contributed by atoms with Crippen molar-refractivity contribution in [3.8, 4) is 17.3 Å². The minimum absolute atomic E-state index is 0.0647. The maximum Gasteiger partial charge on any atom is 0.418 e. The molecule has 4 saturated heterocycles. The molecule has 7 rings (SSSR count). The van der Waals surface area contributed by atoms with E-state index in [1.165, 1.54) is 4.90 Å². The molecule has 270 valence electrons. The average molecular weight is 720 g/mol. The van der Waals surface area contributed by atoms with E-state index in [0.717, 1.165) is 19.4 Å². The zero-order valence-electron chi connectivity index (χ0n) is 26.5. The van der Waals surface area contributed by atoms with Gasteiger partial charge in [0.15, 0.2) is 5.82 Å².